The zero-order valence-electron chi connectivity index (χ0n) is 17.4. The summed E-state index contributed by atoms with van der Waals surface area (Å²) in [4.78, 5) is 12.6. The molecule has 0 saturated heterocycles. The highest BCUT2D eigenvalue weighted by atomic mass is 35.5. The van der Waals surface area contributed by atoms with Gasteiger partial charge in [0.15, 0.2) is 17.3 Å². The van der Waals surface area contributed by atoms with Crippen LogP contribution in [0.15, 0.2) is 72.1 Å². The van der Waals surface area contributed by atoms with Crippen molar-refractivity contribution in [3.05, 3.63) is 72.0 Å². The van der Waals surface area contributed by atoms with Gasteiger partial charge < -0.3 is 14.8 Å². The van der Waals surface area contributed by atoms with Crippen LogP contribution in [0.4, 0.5) is 5.69 Å². The van der Waals surface area contributed by atoms with Gasteiger partial charge in [-0.25, -0.2) is 4.68 Å². The molecule has 0 saturated carbocycles. The van der Waals surface area contributed by atoms with Gasteiger partial charge in [0.2, 0.25) is 11.1 Å². The number of halogens is 1. The standard InChI is InChI=1S/C22H20ClN5O3S/c1-30-18-10-9-15(13-19(18)31-2)24-20(29)14-32-22-26-25-21(16-7-3-4-8-17(16)23)28(22)27-11-5-6-12-27/h3-13H,14H2,1-2H3,(H,24,29). The number of rotatable bonds is 8. The number of hydrogen-bond donors (Lipinski definition) is 1. The van der Waals surface area contributed by atoms with E-state index in [1.807, 2.05) is 52.1 Å². The molecule has 0 aliphatic carbocycles. The first-order valence-corrected chi connectivity index (χ1v) is 11.0. The molecular weight excluding hydrogens is 450 g/mol. The monoisotopic (exact) mass is 469 g/mol. The number of carbonyl (C=O) groups excluding carboxylic acids is 1. The minimum absolute atomic E-state index is 0.135. The molecule has 32 heavy (non-hydrogen) atoms. The Hall–Kier alpha value is -3.43. The van der Waals surface area contributed by atoms with E-state index in [1.54, 1.807) is 38.5 Å². The van der Waals surface area contributed by atoms with E-state index < -0.39 is 0 Å². The number of nitrogens with one attached hydrogen (secondary N) is 1. The topological polar surface area (TPSA) is 83.2 Å². The van der Waals surface area contributed by atoms with Gasteiger partial charge in [-0.3, -0.25) is 9.47 Å². The summed E-state index contributed by atoms with van der Waals surface area (Å²) in [7, 11) is 3.11. The van der Waals surface area contributed by atoms with Gasteiger partial charge in [0.05, 0.1) is 25.0 Å². The van der Waals surface area contributed by atoms with Crippen molar-refractivity contribution in [2.24, 2.45) is 0 Å². The molecule has 0 atom stereocenters. The van der Waals surface area contributed by atoms with E-state index in [1.165, 1.54) is 11.8 Å². The zero-order valence-corrected chi connectivity index (χ0v) is 18.9. The number of amides is 1. The lowest BCUT2D eigenvalue weighted by atomic mass is 10.2. The fraction of sp³-hybridized carbons (Fsp3) is 0.136. The van der Waals surface area contributed by atoms with E-state index in [2.05, 4.69) is 15.5 Å². The summed E-state index contributed by atoms with van der Waals surface area (Å²) in [6, 6.07) is 16.4. The zero-order chi connectivity index (χ0) is 22.5. The van der Waals surface area contributed by atoms with Crippen LogP contribution in [-0.4, -0.2) is 45.4 Å². The molecule has 0 unspecified atom stereocenters. The molecule has 0 radical (unpaired) electrons. The van der Waals surface area contributed by atoms with Crippen LogP contribution < -0.4 is 14.8 Å². The molecule has 164 valence electrons. The van der Waals surface area contributed by atoms with Gasteiger partial charge in [-0.05, 0) is 36.4 Å². The van der Waals surface area contributed by atoms with Gasteiger partial charge in [0.1, 0.15) is 0 Å². The summed E-state index contributed by atoms with van der Waals surface area (Å²) >= 11 is 7.65. The Kier molecular flexibility index (Phi) is 6.67. The van der Waals surface area contributed by atoms with Gasteiger partial charge >= 0.3 is 0 Å². The Bertz CT molecular complexity index is 1230. The second kappa shape index (κ2) is 9.80. The van der Waals surface area contributed by atoms with Crippen molar-refractivity contribution in [2.75, 3.05) is 25.3 Å². The number of benzene rings is 2. The molecule has 10 heteroatoms. The molecular formula is C22H20ClN5O3S. The number of methoxy groups -OCH3 is 2. The lowest BCUT2D eigenvalue weighted by Crippen LogP contribution is -2.16. The number of anilines is 1. The molecule has 8 nitrogen and oxygen atoms in total. The minimum atomic E-state index is -0.191. The van der Waals surface area contributed by atoms with E-state index in [0.717, 1.165) is 5.56 Å². The Balaban J connectivity index is 1.54. The molecule has 0 spiro atoms. The van der Waals surface area contributed by atoms with E-state index in [9.17, 15) is 4.79 Å². The lowest BCUT2D eigenvalue weighted by molar-refractivity contribution is -0.113. The molecule has 1 N–H and O–H groups in total. The van der Waals surface area contributed by atoms with Gasteiger partial charge in [0, 0.05) is 29.7 Å². The molecule has 0 fully saturated rings. The quantitative estimate of drug-likeness (QED) is 0.384. The average Bonchev–Trinajstić information content (AvgIpc) is 3.47. The molecule has 2 aromatic heterocycles. The fourth-order valence-electron chi connectivity index (χ4n) is 3.07. The van der Waals surface area contributed by atoms with Crippen LogP contribution in [0.5, 0.6) is 11.5 Å². The van der Waals surface area contributed by atoms with Crippen LogP contribution in [0.3, 0.4) is 0 Å². The number of carbonyl (C=O) groups is 1. The maximum atomic E-state index is 12.6. The fourth-order valence-corrected chi connectivity index (χ4v) is 4.03. The number of ether oxygens (including phenoxy) is 2. The largest absolute Gasteiger partial charge is 0.493 e. The third-order valence-corrected chi connectivity index (χ3v) is 5.80. The van der Waals surface area contributed by atoms with Crippen molar-refractivity contribution < 1.29 is 14.3 Å². The second-order valence-electron chi connectivity index (χ2n) is 6.57. The smallest absolute Gasteiger partial charge is 0.234 e. The van der Waals surface area contributed by atoms with Crippen molar-refractivity contribution in [3.63, 3.8) is 0 Å². The number of nitrogens with zero attached hydrogens (tertiary/aromatic N) is 4. The molecule has 1 amide bonds. The Morgan fingerprint density at radius 2 is 1.78 bits per heavy atom. The lowest BCUT2D eigenvalue weighted by Gasteiger charge is -2.12. The average molecular weight is 470 g/mol. The molecule has 4 rings (SSSR count). The molecule has 4 aromatic rings. The van der Waals surface area contributed by atoms with Crippen LogP contribution in [0.2, 0.25) is 5.02 Å². The van der Waals surface area contributed by atoms with E-state index >= 15 is 0 Å². The molecule has 2 aromatic carbocycles. The highest BCUT2D eigenvalue weighted by Gasteiger charge is 2.19. The molecule has 0 bridgehead atoms. The van der Waals surface area contributed by atoms with Crippen LogP contribution >= 0.6 is 23.4 Å². The summed E-state index contributed by atoms with van der Waals surface area (Å²) in [5.41, 5.74) is 1.36. The number of aromatic nitrogens is 4. The van der Waals surface area contributed by atoms with Gasteiger partial charge in [-0.15, -0.1) is 10.2 Å². The Morgan fingerprint density at radius 3 is 2.50 bits per heavy atom. The van der Waals surface area contributed by atoms with E-state index in [0.29, 0.717) is 33.2 Å². The van der Waals surface area contributed by atoms with E-state index in [-0.39, 0.29) is 11.7 Å². The summed E-state index contributed by atoms with van der Waals surface area (Å²) in [6.07, 6.45) is 3.74. The molecule has 0 aliphatic heterocycles. The second-order valence-corrected chi connectivity index (χ2v) is 7.92. The van der Waals surface area contributed by atoms with Crippen LogP contribution in [-0.2, 0) is 4.79 Å². The van der Waals surface area contributed by atoms with Crippen molar-refractivity contribution in [2.45, 2.75) is 5.16 Å². The predicted octanol–water partition coefficient (Wildman–Crippen LogP) is 4.46. The first-order chi connectivity index (χ1) is 15.6. The predicted molar refractivity (Wildman–Crippen MR) is 125 cm³/mol. The van der Waals surface area contributed by atoms with Crippen molar-refractivity contribution in [3.8, 4) is 22.9 Å². The van der Waals surface area contributed by atoms with Gasteiger partial charge in [-0.1, -0.05) is 35.5 Å². The van der Waals surface area contributed by atoms with Crippen LogP contribution in [0, 0.1) is 0 Å². The van der Waals surface area contributed by atoms with E-state index in [4.69, 9.17) is 21.1 Å². The van der Waals surface area contributed by atoms with Crippen molar-refractivity contribution >= 4 is 35.0 Å². The third-order valence-electron chi connectivity index (χ3n) is 4.55. The summed E-state index contributed by atoms with van der Waals surface area (Å²) in [5, 5.41) is 12.6. The molecule has 0 aliphatic rings. The normalized spacial score (nSPS) is 10.7. The summed E-state index contributed by atoms with van der Waals surface area (Å²) < 4.78 is 14.2. The van der Waals surface area contributed by atoms with Gasteiger partial charge in [-0.2, -0.15) is 0 Å². The first kappa shape index (κ1) is 21.8. The van der Waals surface area contributed by atoms with Crippen LogP contribution in [0.1, 0.15) is 0 Å². The van der Waals surface area contributed by atoms with Crippen LogP contribution in [0.25, 0.3) is 11.4 Å². The highest BCUT2D eigenvalue weighted by molar-refractivity contribution is 7.99. The van der Waals surface area contributed by atoms with Crippen molar-refractivity contribution in [1.29, 1.82) is 0 Å². The molecule has 2 heterocycles. The van der Waals surface area contributed by atoms with Crippen molar-refractivity contribution in [1.82, 2.24) is 19.5 Å². The summed E-state index contributed by atoms with van der Waals surface area (Å²) in [5.74, 6) is 1.65. The third kappa shape index (κ3) is 4.58. The number of hydrogen-bond acceptors (Lipinski definition) is 6. The highest BCUT2D eigenvalue weighted by Crippen LogP contribution is 2.31. The minimum Gasteiger partial charge on any atom is -0.493 e. The summed E-state index contributed by atoms with van der Waals surface area (Å²) in [6.45, 7) is 0. The number of thioether (sulfide) groups is 1. The maximum absolute atomic E-state index is 12.6. The Labute approximate surface area is 194 Å². The Morgan fingerprint density at radius 1 is 1.03 bits per heavy atom. The first-order valence-electron chi connectivity index (χ1n) is 9.59. The maximum Gasteiger partial charge on any atom is 0.234 e. The SMILES string of the molecule is COc1ccc(NC(=O)CSc2nnc(-c3ccccc3Cl)n2-n2cccc2)cc1OC. The van der Waals surface area contributed by atoms with Gasteiger partial charge in [0.25, 0.3) is 0 Å².